The first-order valence-electron chi connectivity index (χ1n) is 13.6. The highest BCUT2D eigenvalue weighted by molar-refractivity contribution is 7.93. The number of carbonyl (C=O) groups is 1. The second-order valence-electron chi connectivity index (χ2n) is 9.83. The van der Waals surface area contributed by atoms with Gasteiger partial charge in [0.25, 0.3) is 10.0 Å². The minimum absolute atomic E-state index is 0.00647. The van der Waals surface area contributed by atoms with Crippen molar-refractivity contribution in [2.75, 3.05) is 31.7 Å². The molecule has 16 heteroatoms. The molecule has 4 rings (SSSR count). The monoisotopic (exact) mass is 674 g/mol. The van der Waals surface area contributed by atoms with Gasteiger partial charge in [-0.25, -0.2) is 13.4 Å². The Morgan fingerprint density at radius 3 is 2.43 bits per heavy atom. The van der Waals surface area contributed by atoms with Gasteiger partial charge in [-0.2, -0.15) is 26.3 Å². The highest BCUT2D eigenvalue weighted by atomic mass is 32.2. The van der Waals surface area contributed by atoms with Crippen LogP contribution in [-0.4, -0.2) is 52.8 Å². The second kappa shape index (κ2) is 13.5. The number of esters is 1. The Morgan fingerprint density at radius 2 is 1.80 bits per heavy atom. The number of benzene rings is 2. The zero-order valence-electron chi connectivity index (χ0n) is 24.6. The number of alkyl halides is 6. The van der Waals surface area contributed by atoms with Gasteiger partial charge in [-0.3, -0.25) is 9.10 Å². The molecule has 46 heavy (non-hydrogen) atoms. The summed E-state index contributed by atoms with van der Waals surface area (Å²) < 4.78 is 132. The summed E-state index contributed by atoms with van der Waals surface area (Å²) in [4.78, 5) is 14.5. The summed E-state index contributed by atoms with van der Waals surface area (Å²) in [5.74, 6) is -1.24. The maximum atomic E-state index is 14.1. The molecule has 0 fully saturated rings. The molecule has 3 aromatic rings. The van der Waals surface area contributed by atoms with Crippen molar-refractivity contribution in [2.24, 2.45) is 0 Å². The molecule has 0 saturated heterocycles. The highest BCUT2D eigenvalue weighted by Gasteiger charge is 2.40. The van der Waals surface area contributed by atoms with E-state index in [4.69, 9.17) is 14.2 Å². The summed E-state index contributed by atoms with van der Waals surface area (Å²) in [6.45, 7) is 0.944. The first-order valence-corrected chi connectivity index (χ1v) is 15.1. The number of carbonyl (C=O) groups excluding carboxylic acids is 1. The van der Waals surface area contributed by atoms with E-state index in [0.717, 1.165) is 16.4 Å². The predicted octanol–water partition coefficient (Wildman–Crippen LogP) is 6.61. The Hall–Kier alpha value is -4.47. The minimum Gasteiger partial charge on any atom is -0.496 e. The smallest absolute Gasteiger partial charge is 0.417 e. The Bertz CT molecular complexity index is 1730. The van der Waals surface area contributed by atoms with Gasteiger partial charge in [-0.05, 0) is 49.2 Å². The third-order valence-electron chi connectivity index (χ3n) is 6.84. The molecule has 1 aliphatic rings. The molecule has 0 N–H and O–H groups in total. The lowest BCUT2D eigenvalue weighted by atomic mass is 10.0. The summed E-state index contributed by atoms with van der Waals surface area (Å²) in [6.07, 6.45) is -7.84. The zero-order valence-corrected chi connectivity index (χ0v) is 25.4. The molecular formula is C30H28F6N2O7S. The van der Waals surface area contributed by atoms with Crippen molar-refractivity contribution in [1.82, 2.24) is 4.98 Å². The van der Waals surface area contributed by atoms with Crippen molar-refractivity contribution >= 4 is 33.8 Å². The van der Waals surface area contributed by atoms with Gasteiger partial charge in [0.05, 0.1) is 44.2 Å². The van der Waals surface area contributed by atoms with Crippen LogP contribution >= 0.6 is 0 Å². The number of hydrogen-bond donors (Lipinski definition) is 0. The number of rotatable bonds is 10. The van der Waals surface area contributed by atoms with Crippen molar-refractivity contribution in [3.05, 3.63) is 70.9 Å². The van der Waals surface area contributed by atoms with Crippen molar-refractivity contribution in [1.29, 1.82) is 0 Å². The molecule has 1 aliphatic heterocycles. The fourth-order valence-electron chi connectivity index (χ4n) is 4.65. The molecule has 9 nitrogen and oxygen atoms in total. The summed E-state index contributed by atoms with van der Waals surface area (Å²) in [7, 11) is -2.47. The Morgan fingerprint density at radius 1 is 1.07 bits per heavy atom. The van der Waals surface area contributed by atoms with Crippen LogP contribution in [0.25, 0.3) is 12.2 Å². The van der Waals surface area contributed by atoms with E-state index in [2.05, 4.69) is 9.72 Å². The lowest BCUT2D eigenvalue weighted by Crippen LogP contribution is -2.44. The van der Waals surface area contributed by atoms with E-state index >= 15 is 0 Å². The largest absolute Gasteiger partial charge is 0.496 e. The summed E-state index contributed by atoms with van der Waals surface area (Å²) >= 11 is 0. The van der Waals surface area contributed by atoms with E-state index < -0.39 is 62.9 Å². The molecule has 1 atom stereocenters. The third-order valence-corrected chi connectivity index (χ3v) is 8.62. The van der Waals surface area contributed by atoms with Gasteiger partial charge in [0.2, 0.25) is 5.88 Å². The van der Waals surface area contributed by atoms with Crippen LogP contribution in [0.3, 0.4) is 0 Å². The molecule has 0 saturated carbocycles. The Labute approximate surface area is 260 Å². The van der Waals surface area contributed by atoms with E-state index in [1.807, 2.05) is 0 Å². The van der Waals surface area contributed by atoms with Crippen LogP contribution in [0.2, 0.25) is 0 Å². The van der Waals surface area contributed by atoms with Gasteiger partial charge in [0, 0.05) is 18.2 Å². The molecule has 0 bridgehead atoms. The van der Waals surface area contributed by atoms with E-state index in [1.54, 1.807) is 0 Å². The van der Waals surface area contributed by atoms with E-state index in [0.29, 0.717) is 12.3 Å². The predicted molar refractivity (Wildman–Crippen MR) is 154 cm³/mol. The van der Waals surface area contributed by atoms with Crippen LogP contribution in [0, 0.1) is 0 Å². The van der Waals surface area contributed by atoms with Gasteiger partial charge in [-0.15, -0.1) is 0 Å². The quantitative estimate of drug-likeness (QED) is 0.135. The van der Waals surface area contributed by atoms with Gasteiger partial charge in [-0.1, -0.05) is 24.3 Å². The lowest BCUT2D eigenvalue weighted by Gasteiger charge is -2.36. The maximum absolute atomic E-state index is 14.1. The molecule has 0 unspecified atom stereocenters. The normalized spacial score (nSPS) is 15.3. The van der Waals surface area contributed by atoms with E-state index in [1.165, 1.54) is 57.6 Å². The number of aromatic nitrogens is 1. The summed E-state index contributed by atoms with van der Waals surface area (Å²) in [6, 6.07) is 7.93. The molecule has 2 aromatic carbocycles. The average Bonchev–Trinajstić information content (AvgIpc) is 3.01. The van der Waals surface area contributed by atoms with Crippen LogP contribution in [0.4, 0.5) is 32.0 Å². The standard InChI is InChI=1S/C30H28F6N2O7S/c1-4-44-28-26(15-19(16-37-28)29(31,32)33)46(40,41)38-17-20(10-13-27(39)43-3)45-25-12-9-18(14-23(25)38)8-11-21-22(30(34,35)36)6-5-7-24(21)42-2/h5-9,11-12,14-16,20H,4,10,13,17H2,1-3H3/b11-8+/t20-/m0/s1. The number of ether oxygens (including phenoxy) is 4. The molecular weight excluding hydrogens is 646 g/mol. The van der Waals surface area contributed by atoms with Gasteiger partial charge >= 0.3 is 18.3 Å². The second-order valence-corrected chi connectivity index (χ2v) is 11.7. The maximum Gasteiger partial charge on any atom is 0.417 e. The topological polar surface area (TPSA) is 104 Å². The summed E-state index contributed by atoms with van der Waals surface area (Å²) in [5, 5.41) is 0. The number of anilines is 1. The first kappa shape index (κ1) is 34.4. The molecule has 0 aliphatic carbocycles. The molecule has 0 radical (unpaired) electrons. The SMILES string of the molecule is CCOc1ncc(C(F)(F)F)cc1S(=O)(=O)N1C[C@H](CCC(=O)OC)Oc2ccc(/C=C/c3c(OC)cccc3C(F)(F)F)cc21. The highest BCUT2D eigenvalue weighted by Crippen LogP contribution is 2.42. The zero-order chi connectivity index (χ0) is 33.9. The Kier molecular flexibility index (Phi) is 10.1. The van der Waals surface area contributed by atoms with Crippen LogP contribution in [0.5, 0.6) is 17.4 Å². The number of pyridine rings is 1. The van der Waals surface area contributed by atoms with Crippen LogP contribution in [0.1, 0.15) is 42.0 Å². The van der Waals surface area contributed by atoms with Crippen molar-refractivity contribution in [3.63, 3.8) is 0 Å². The van der Waals surface area contributed by atoms with Crippen molar-refractivity contribution in [3.8, 4) is 17.4 Å². The fraction of sp³-hybridized carbons (Fsp3) is 0.333. The Balaban J connectivity index is 1.84. The minimum atomic E-state index is -4.93. The number of methoxy groups -OCH3 is 2. The summed E-state index contributed by atoms with van der Waals surface area (Å²) in [5.41, 5.74) is -2.48. The van der Waals surface area contributed by atoms with Gasteiger partial charge in [0.15, 0.2) is 4.90 Å². The van der Waals surface area contributed by atoms with E-state index in [9.17, 15) is 39.6 Å². The number of nitrogens with zero attached hydrogens (tertiary/aromatic N) is 2. The van der Waals surface area contributed by atoms with Gasteiger partial charge < -0.3 is 18.9 Å². The number of halogens is 6. The van der Waals surface area contributed by atoms with Crippen LogP contribution in [-0.2, 0) is 31.9 Å². The molecule has 0 amide bonds. The van der Waals surface area contributed by atoms with Gasteiger partial charge in [0.1, 0.15) is 17.6 Å². The molecule has 248 valence electrons. The lowest BCUT2D eigenvalue weighted by molar-refractivity contribution is -0.141. The number of hydrogen-bond acceptors (Lipinski definition) is 8. The first-order chi connectivity index (χ1) is 21.6. The third kappa shape index (κ3) is 7.49. The fourth-order valence-corrected chi connectivity index (χ4v) is 6.26. The molecule has 2 heterocycles. The number of sulfonamides is 1. The van der Waals surface area contributed by atoms with Crippen molar-refractivity contribution in [2.45, 2.75) is 43.1 Å². The molecule has 1 aromatic heterocycles. The van der Waals surface area contributed by atoms with Crippen LogP contribution < -0.4 is 18.5 Å². The molecule has 0 spiro atoms. The number of fused-ring (bicyclic) bond motifs is 1. The van der Waals surface area contributed by atoms with Crippen LogP contribution in [0.15, 0.2) is 53.6 Å². The van der Waals surface area contributed by atoms with Crippen molar-refractivity contribution < 1.29 is 58.5 Å². The average molecular weight is 675 g/mol. The van der Waals surface area contributed by atoms with E-state index in [-0.39, 0.29) is 47.8 Å².